The summed E-state index contributed by atoms with van der Waals surface area (Å²) in [6.07, 6.45) is 0. The van der Waals surface area contributed by atoms with Crippen LogP contribution in [-0.4, -0.2) is 19.5 Å². The second-order valence-electron chi connectivity index (χ2n) is 3.42. The van der Waals surface area contributed by atoms with Crippen molar-refractivity contribution in [3.63, 3.8) is 0 Å². The van der Waals surface area contributed by atoms with Crippen LogP contribution < -0.4 is 4.72 Å². The number of anilines is 1. The third-order valence-electron chi connectivity index (χ3n) is 2.19. The maximum absolute atomic E-state index is 12.0. The molecule has 0 radical (unpaired) electrons. The topological polar surface area (TPSA) is 83.5 Å². The van der Waals surface area contributed by atoms with Gasteiger partial charge in [-0.3, -0.25) is 4.72 Å². The third-order valence-corrected chi connectivity index (χ3v) is 4.32. The van der Waals surface area contributed by atoms with E-state index in [9.17, 15) is 13.2 Å². The smallest absolute Gasteiger partial charge is 0.338 e. The van der Waals surface area contributed by atoms with Crippen molar-refractivity contribution < 1.29 is 18.3 Å². The van der Waals surface area contributed by atoms with E-state index in [-0.39, 0.29) is 16.1 Å². The van der Waals surface area contributed by atoms with Crippen LogP contribution in [0.2, 0.25) is 0 Å². The van der Waals surface area contributed by atoms with Gasteiger partial charge in [0.1, 0.15) is 0 Å². The van der Waals surface area contributed by atoms with E-state index in [4.69, 9.17) is 5.11 Å². The van der Waals surface area contributed by atoms with Gasteiger partial charge in [-0.25, -0.2) is 13.2 Å². The molecule has 2 N–H and O–H groups in total. The quantitative estimate of drug-likeness (QED) is 0.901. The predicted molar refractivity (Wildman–Crippen MR) is 68.5 cm³/mol. The van der Waals surface area contributed by atoms with Crippen molar-refractivity contribution in [3.8, 4) is 0 Å². The molecular weight excluding hydrogens is 274 g/mol. The molecule has 2 aromatic rings. The Morgan fingerprint density at radius 1 is 1.17 bits per heavy atom. The molecule has 18 heavy (non-hydrogen) atoms. The second-order valence-corrected chi connectivity index (χ2v) is 5.85. The fourth-order valence-electron chi connectivity index (χ4n) is 1.35. The molecule has 0 aliphatic heterocycles. The highest BCUT2D eigenvalue weighted by atomic mass is 32.2. The first-order valence-electron chi connectivity index (χ1n) is 4.88. The number of benzene rings is 1. The van der Waals surface area contributed by atoms with E-state index in [0.717, 1.165) is 11.3 Å². The molecular formula is C11H9NO4S2. The van der Waals surface area contributed by atoms with Crippen LogP contribution in [0.15, 0.2) is 46.0 Å². The monoisotopic (exact) mass is 283 g/mol. The third kappa shape index (κ3) is 2.52. The molecule has 0 bridgehead atoms. The number of nitrogens with one attached hydrogen (secondary N) is 1. The maximum atomic E-state index is 12.0. The molecule has 1 aromatic heterocycles. The predicted octanol–water partition coefficient (Wildman–Crippen LogP) is 2.25. The highest BCUT2D eigenvalue weighted by Crippen LogP contribution is 2.24. The van der Waals surface area contributed by atoms with Crippen LogP contribution in [0.1, 0.15) is 10.4 Å². The lowest BCUT2D eigenvalue weighted by Gasteiger charge is -2.07. The van der Waals surface area contributed by atoms with Crippen molar-refractivity contribution >= 4 is 33.0 Å². The number of thiophene rings is 1. The molecule has 94 valence electrons. The maximum Gasteiger partial charge on any atom is 0.338 e. The van der Waals surface area contributed by atoms with Crippen LogP contribution in [0.25, 0.3) is 0 Å². The lowest BCUT2D eigenvalue weighted by Crippen LogP contribution is -2.14. The molecule has 0 aliphatic rings. The van der Waals surface area contributed by atoms with Crippen molar-refractivity contribution in [2.24, 2.45) is 0 Å². The second kappa shape index (κ2) is 4.79. The Kier molecular flexibility index (Phi) is 3.35. The molecule has 0 saturated heterocycles. The van der Waals surface area contributed by atoms with Crippen molar-refractivity contribution in [1.82, 2.24) is 0 Å². The lowest BCUT2D eigenvalue weighted by atomic mass is 10.3. The fraction of sp³-hybridized carbons (Fsp3) is 0. The summed E-state index contributed by atoms with van der Waals surface area (Å²) in [5.41, 5.74) is 0.0239. The standard InChI is InChI=1S/C11H9NO4S2/c13-11(14)9-6-17-7-10(9)12-18(15,16)8-4-2-1-3-5-8/h1-7,12H,(H,13,14). The number of hydrogen-bond acceptors (Lipinski definition) is 4. The summed E-state index contributed by atoms with van der Waals surface area (Å²) in [5, 5.41) is 11.7. The van der Waals surface area contributed by atoms with E-state index in [1.165, 1.54) is 22.9 Å². The van der Waals surface area contributed by atoms with Crippen molar-refractivity contribution in [1.29, 1.82) is 0 Å². The summed E-state index contributed by atoms with van der Waals surface area (Å²) in [6.45, 7) is 0. The molecule has 2 rings (SSSR count). The molecule has 0 atom stereocenters. The van der Waals surface area contributed by atoms with Gasteiger partial charge in [0.05, 0.1) is 16.1 Å². The molecule has 1 heterocycles. The number of aromatic carboxylic acids is 1. The molecule has 5 nitrogen and oxygen atoms in total. The van der Waals surface area contributed by atoms with Gasteiger partial charge in [0.2, 0.25) is 0 Å². The summed E-state index contributed by atoms with van der Waals surface area (Å²) in [4.78, 5) is 11.0. The summed E-state index contributed by atoms with van der Waals surface area (Å²) < 4.78 is 26.2. The Bertz CT molecular complexity index is 661. The van der Waals surface area contributed by atoms with Crippen LogP contribution in [0, 0.1) is 0 Å². The molecule has 0 spiro atoms. The number of carboxylic acid groups (broad SMARTS) is 1. The first-order valence-corrected chi connectivity index (χ1v) is 7.30. The zero-order chi connectivity index (χ0) is 13.2. The minimum Gasteiger partial charge on any atom is -0.478 e. The summed E-state index contributed by atoms with van der Waals surface area (Å²) >= 11 is 1.12. The molecule has 0 aliphatic carbocycles. The Hall–Kier alpha value is -1.86. The largest absolute Gasteiger partial charge is 0.478 e. The normalized spacial score (nSPS) is 11.1. The highest BCUT2D eigenvalue weighted by molar-refractivity contribution is 7.92. The van der Waals surface area contributed by atoms with Gasteiger partial charge in [0, 0.05) is 10.8 Å². The molecule has 1 aromatic carbocycles. The summed E-state index contributed by atoms with van der Waals surface area (Å²) in [7, 11) is -3.75. The van der Waals surface area contributed by atoms with Gasteiger partial charge in [-0.05, 0) is 12.1 Å². The van der Waals surface area contributed by atoms with Gasteiger partial charge in [-0.15, -0.1) is 11.3 Å². The van der Waals surface area contributed by atoms with Gasteiger partial charge in [-0.1, -0.05) is 18.2 Å². The van der Waals surface area contributed by atoms with E-state index < -0.39 is 16.0 Å². The van der Waals surface area contributed by atoms with Crippen molar-refractivity contribution in [2.45, 2.75) is 4.90 Å². The van der Waals surface area contributed by atoms with Gasteiger partial charge < -0.3 is 5.11 Å². The highest BCUT2D eigenvalue weighted by Gasteiger charge is 2.18. The Labute approximate surface area is 108 Å². The molecule has 0 saturated carbocycles. The van der Waals surface area contributed by atoms with Crippen molar-refractivity contribution in [2.75, 3.05) is 4.72 Å². The molecule has 0 amide bonds. The minimum absolute atomic E-state index is 0.0560. The Morgan fingerprint density at radius 2 is 1.83 bits per heavy atom. The van der Waals surface area contributed by atoms with E-state index in [0.29, 0.717) is 0 Å². The molecule has 7 heteroatoms. The van der Waals surface area contributed by atoms with Gasteiger partial charge >= 0.3 is 5.97 Å². The van der Waals surface area contributed by atoms with Crippen molar-refractivity contribution in [3.05, 3.63) is 46.7 Å². The van der Waals surface area contributed by atoms with E-state index >= 15 is 0 Å². The zero-order valence-electron chi connectivity index (χ0n) is 9.03. The average molecular weight is 283 g/mol. The Morgan fingerprint density at radius 3 is 2.44 bits per heavy atom. The lowest BCUT2D eigenvalue weighted by molar-refractivity contribution is 0.0698. The van der Waals surface area contributed by atoms with Gasteiger partial charge in [0.15, 0.2) is 0 Å². The molecule has 0 unspecified atom stereocenters. The van der Waals surface area contributed by atoms with Crippen LogP contribution in [0.4, 0.5) is 5.69 Å². The van der Waals surface area contributed by atoms with Crippen LogP contribution in [0.3, 0.4) is 0 Å². The Balaban J connectivity index is 2.34. The zero-order valence-corrected chi connectivity index (χ0v) is 10.7. The minimum atomic E-state index is -3.75. The summed E-state index contributed by atoms with van der Waals surface area (Å²) in [6, 6.07) is 7.77. The van der Waals surface area contributed by atoms with Gasteiger partial charge in [-0.2, -0.15) is 0 Å². The van der Waals surface area contributed by atoms with E-state index in [2.05, 4.69) is 4.72 Å². The summed E-state index contributed by atoms with van der Waals surface area (Å²) in [5.74, 6) is -1.16. The number of carboxylic acids is 1. The number of hydrogen-bond donors (Lipinski definition) is 2. The van der Waals surface area contributed by atoms with E-state index in [1.54, 1.807) is 18.2 Å². The van der Waals surface area contributed by atoms with Crippen LogP contribution >= 0.6 is 11.3 Å². The van der Waals surface area contributed by atoms with Gasteiger partial charge in [0.25, 0.3) is 10.0 Å². The first-order chi connectivity index (χ1) is 8.50. The number of carbonyl (C=O) groups is 1. The molecule has 0 fully saturated rings. The van der Waals surface area contributed by atoms with Crippen LogP contribution in [0.5, 0.6) is 0 Å². The first kappa shape index (κ1) is 12.6. The number of sulfonamides is 1. The fourth-order valence-corrected chi connectivity index (χ4v) is 3.27. The SMILES string of the molecule is O=C(O)c1cscc1NS(=O)(=O)c1ccccc1. The average Bonchev–Trinajstić information content (AvgIpc) is 2.78. The number of rotatable bonds is 4. The van der Waals surface area contributed by atoms with Crippen LogP contribution in [-0.2, 0) is 10.0 Å². The van der Waals surface area contributed by atoms with E-state index in [1.807, 2.05) is 0 Å².